The summed E-state index contributed by atoms with van der Waals surface area (Å²) in [6.45, 7) is 0.734. The van der Waals surface area contributed by atoms with Crippen LogP contribution < -0.4 is 10.6 Å². The van der Waals surface area contributed by atoms with Crippen molar-refractivity contribution in [3.8, 4) is 0 Å². The topological polar surface area (TPSA) is 100 Å². The van der Waals surface area contributed by atoms with Crippen LogP contribution in [0.2, 0.25) is 0 Å². The minimum atomic E-state index is -3.24. The molecule has 0 radical (unpaired) electrons. The lowest BCUT2D eigenvalue weighted by atomic mass is 9.88. The first kappa shape index (κ1) is 21.9. The number of pyridine rings is 1. The Morgan fingerprint density at radius 1 is 1.13 bits per heavy atom. The number of fused-ring (bicyclic) bond motifs is 1. The number of nitrogens with one attached hydrogen (secondary N) is 2. The fraction of sp³-hybridized carbons (Fsp3) is 0.611. The number of alkyl halides is 4. The van der Waals surface area contributed by atoms with Crippen molar-refractivity contribution in [1.82, 2.24) is 19.3 Å². The third-order valence-electron chi connectivity index (χ3n) is 5.50. The van der Waals surface area contributed by atoms with Crippen LogP contribution in [-0.2, 0) is 10.0 Å². The van der Waals surface area contributed by atoms with Crippen molar-refractivity contribution >= 4 is 32.7 Å². The second-order valence-corrected chi connectivity index (χ2v) is 10.00. The highest BCUT2D eigenvalue weighted by molar-refractivity contribution is 7.88. The van der Waals surface area contributed by atoms with Gasteiger partial charge in [0, 0.05) is 49.6 Å². The summed E-state index contributed by atoms with van der Waals surface area (Å²) in [4.78, 5) is 12.4. The molecule has 0 unspecified atom stereocenters. The summed E-state index contributed by atoms with van der Waals surface area (Å²) >= 11 is 0. The van der Waals surface area contributed by atoms with Gasteiger partial charge in [0.1, 0.15) is 11.2 Å². The van der Waals surface area contributed by atoms with E-state index in [2.05, 4.69) is 25.6 Å². The molecular formula is C18H22F4N6O2S. The Hall–Kier alpha value is -2.28. The summed E-state index contributed by atoms with van der Waals surface area (Å²) < 4.78 is 77.5. The van der Waals surface area contributed by atoms with Crippen molar-refractivity contribution in [3.05, 3.63) is 18.0 Å². The minimum absolute atomic E-state index is 0.0191. The van der Waals surface area contributed by atoms with Gasteiger partial charge in [-0.05, 0) is 18.9 Å². The highest BCUT2D eigenvalue weighted by Gasteiger charge is 2.45. The molecule has 0 bridgehead atoms. The second kappa shape index (κ2) is 8.01. The normalized spacial score (nSPS) is 20.7. The molecular weight excluding hydrogens is 440 g/mol. The van der Waals surface area contributed by atoms with Gasteiger partial charge in [-0.2, -0.15) is 0 Å². The SMILES string of the molecule is CS(=O)(=O)N1CCC(Nc2ncc3cc(C(F)F)nc(NC4CC(F)(F)C4)c3n2)CC1. The monoisotopic (exact) mass is 462 g/mol. The largest absolute Gasteiger partial charge is 0.365 e. The minimum Gasteiger partial charge on any atom is -0.365 e. The van der Waals surface area contributed by atoms with Gasteiger partial charge in [0.25, 0.3) is 12.3 Å². The second-order valence-electron chi connectivity index (χ2n) is 8.01. The van der Waals surface area contributed by atoms with E-state index >= 15 is 0 Å². The molecule has 1 aliphatic carbocycles. The average molecular weight is 462 g/mol. The summed E-state index contributed by atoms with van der Waals surface area (Å²) in [6, 6.07) is 0.533. The standard InChI is InChI=1S/C18H22F4N6O2S/c1-31(29,30)28-4-2-11(3-5-28)25-17-23-9-10-6-13(15(19)20)26-16(14(10)27-17)24-12-7-18(21,22)8-12/h6,9,11-12,15H,2-5,7-8H2,1H3,(H,24,26)(H,23,25,27). The van der Waals surface area contributed by atoms with Crippen LogP contribution in [-0.4, -0.2) is 65.0 Å². The maximum absolute atomic E-state index is 13.2. The van der Waals surface area contributed by atoms with Gasteiger partial charge in [-0.15, -0.1) is 0 Å². The molecule has 31 heavy (non-hydrogen) atoms. The Balaban J connectivity index is 1.54. The number of piperidine rings is 1. The summed E-state index contributed by atoms with van der Waals surface area (Å²) in [7, 11) is -3.24. The van der Waals surface area contributed by atoms with Gasteiger partial charge in [-0.1, -0.05) is 0 Å². The van der Waals surface area contributed by atoms with E-state index in [9.17, 15) is 26.0 Å². The number of sulfonamides is 1. The van der Waals surface area contributed by atoms with Gasteiger partial charge in [0.2, 0.25) is 16.0 Å². The molecule has 13 heteroatoms. The van der Waals surface area contributed by atoms with Crippen LogP contribution in [0.1, 0.15) is 37.8 Å². The lowest BCUT2D eigenvalue weighted by Crippen LogP contribution is -2.44. The first-order valence-corrected chi connectivity index (χ1v) is 11.7. The number of aromatic nitrogens is 3. The molecule has 2 aromatic heterocycles. The molecule has 0 spiro atoms. The number of anilines is 2. The van der Waals surface area contributed by atoms with Crippen molar-refractivity contribution in [2.45, 2.75) is 50.1 Å². The predicted octanol–water partition coefficient (Wildman–Crippen LogP) is 3.01. The molecule has 1 saturated carbocycles. The number of halogens is 4. The number of nitrogens with zero attached hydrogens (tertiary/aromatic N) is 4. The van der Waals surface area contributed by atoms with E-state index in [-0.39, 0.29) is 23.3 Å². The Bertz CT molecular complexity index is 1070. The van der Waals surface area contributed by atoms with Crippen LogP contribution in [0.3, 0.4) is 0 Å². The van der Waals surface area contributed by atoms with E-state index in [1.54, 1.807) is 0 Å². The zero-order chi connectivity index (χ0) is 22.4. The van der Waals surface area contributed by atoms with Crippen LogP contribution in [0.25, 0.3) is 10.9 Å². The Kier molecular flexibility index (Phi) is 5.66. The molecule has 0 amide bonds. The molecule has 2 fully saturated rings. The van der Waals surface area contributed by atoms with Crippen molar-refractivity contribution in [3.63, 3.8) is 0 Å². The average Bonchev–Trinajstić information content (AvgIpc) is 2.66. The number of hydrogen-bond acceptors (Lipinski definition) is 7. The molecule has 2 aromatic rings. The Morgan fingerprint density at radius 2 is 1.81 bits per heavy atom. The van der Waals surface area contributed by atoms with E-state index in [1.165, 1.54) is 22.8 Å². The van der Waals surface area contributed by atoms with Crippen molar-refractivity contribution < 1.29 is 26.0 Å². The van der Waals surface area contributed by atoms with E-state index < -0.39 is 46.9 Å². The third kappa shape index (κ3) is 4.97. The first-order chi connectivity index (χ1) is 14.5. The highest BCUT2D eigenvalue weighted by Crippen LogP contribution is 2.39. The lowest BCUT2D eigenvalue weighted by Gasteiger charge is -2.35. The lowest BCUT2D eigenvalue weighted by molar-refractivity contribution is -0.0794. The summed E-state index contributed by atoms with van der Waals surface area (Å²) in [5.74, 6) is -2.51. The third-order valence-corrected chi connectivity index (χ3v) is 6.80. The van der Waals surface area contributed by atoms with Gasteiger partial charge in [-0.3, -0.25) is 0 Å². The van der Waals surface area contributed by atoms with Gasteiger partial charge < -0.3 is 10.6 Å². The molecule has 8 nitrogen and oxygen atoms in total. The quantitative estimate of drug-likeness (QED) is 0.637. The van der Waals surface area contributed by atoms with Crippen LogP contribution >= 0.6 is 0 Å². The molecule has 1 aliphatic heterocycles. The highest BCUT2D eigenvalue weighted by atomic mass is 32.2. The Morgan fingerprint density at radius 3 is 2.39 bits per heavy atom. The molecule has 2 aliphatic rings. The van der Waals surface area contributed by atoms with Crippen LogP contribution in [0.15, 0.2) is 12.3 Å². The molecule has 0 atom stereocenters. The smallest absolute Gasteiger partial charge is 0.280 e. The maximum Gasteiger partial charge on any atom is 0.280 e. The fourth-order valence-electron chi connectivity index (χ4n) is 3.81. The molecule has 4 rings (SSSR count). The van der Waals surface area contributed by atoms with Crippen LogP contribution in [0.4, 0.5) is 29.3 Å². The summed E-state index contributed by atoms with van der Waals surface area (Å²) in [5.41, 5.74) is -0.232. The zero-order valence-electron chi connectivity index (χ0n) is 16.7. The van der Waals surface area contributed by atoms with Gasteiger partial charge in [-0.25, -0.2) is 45.2 Å². The van der Waals surface area contributed by atoms with Crippen LogP contribution in [0.5, 0.6) is 0 Å². The zero-order valence-corrected chi connectivity index (χ0v) is 17.5. The maximum atomic E-state index is 13.2. The molecule has 3 heterocycles. The van der Waals surface area contributed by atoms with Crippen molar-refractivity contribution in [1.29, 1.82) is 0 Å². The van der Waals surface area contributed by atoms with Gasteiger partial charge in [0.15, 0.2) is 5.82 Å². The van der Waals surface area contributed by atoms with E-state index in [0.29, 0.717) is 31.3 Å². The first-order valence-electron chi connectivity index (χ1n) is 9.82. The van der Waals surface area contributed by atoms with E-state index in [1.807, 2.05) is 0 Å². The molecule has 170 valence electrons. The van der Waals surface area contributed by atoms with Crippen LogP contribution in [0, 0.1) is 0 Å². The predicted molar refractivity (Wildman–Crippen MR) is 107 cm³/mol. The van der Waals surface area contributed by atoms with Crippen molar-refractivity contribution in [2.75, 3.05) is 30.0 Å². The number of rotatable bonds is 6. The summed E-state index contributed by atoms with van der Waals surface area (Å²) in [6.07, 6.45) is 0.0307. The van der Waals surface area contributed by atoms with E-state index in [0.717, 1.165) is 0 Å². The molecule has 0 aromatic carbocycles. The Labute approximate surface area is 176 Å². The summed E-state index contributed by atoms with van der Waals surface area (Å²) in [5, 5.41) is 6.26. The van der Waals surface area contributed by atoms with Crippen molar-refractivity contribution in [2.24, 2.45) is 0 Å². The van der Waals surface area contributed by atoms with Gasteiger partial charge >= 0.3 is 0 Å². The number of hydrogen-bond donors (Lipinski definition) is 2. The van der Waals surface area contributed by atoms with E-state index in [4.69, 9.17) is 0 Å². The molecule has 2 N–H and O–H groups in total. The van der Waals surface area contributed by atoms with Gasteiger partial charge in [0.05, 0.1) is 6.26 Å². The molecule has 1 saturated heterocycles. The fourth-order valence-corrected chi connectivity index (χ4v) is 4.69.